The van der Waals surface area contributed by atoms with Gasteiger partial charge in [-0.2, -0.15) is 0 Å². The fourth-order valence-corrected chi connectivity index (χ4v) is 2.03. The van der Waals surface area contributed by atoms with Gasteiger partial charge < -0.3 is 15.0 Å². The molecule has 1 aromatic heterocycles. The third-order valence-electron chi connectivity index (χ3n) is 2.41. The van der Waals surface area contributed by atoms with E-state index in [-0.39, 0.29) is 23.1 Å². The SMILES string of the molecule is Cn1cc(S(N)(=O)=O)cc1C(=O)NCCCCO. The smallest absolute Gasteiger partial charge is 0.267 e. The molecule has 4 N–H and O–H groups in total. The molecule has 0 radical (unpaired) electrons. The van der Waals surface area contributed by atoms with Gasteiger partial charge in [0.05, 0.1) is 0 Å². The summed E-state index contributed by atoms with van der Waals surface area (Å²) in [7, 11) is -2.23. The Hall–Kier alpha value is -1.38. The van der Waals surface area contributed by atoms with Gasteiger partial charge in [-0.1, -0.05) is 0 Å². The lowest BCUT2D eigenvalue weighted by Gasteiger charge is -2.04. The van der Waals surface area contributed by atoms with Crippen molar-refractivity contribution in [3.8, 4) is 0 Å². The van der Waals surface area contributed by atoms with Crippen LogP contribution < -0.4 is 10.5 Å². The summed E-state index contributed by atoms with van der Waals surface area (Å²) in [5, 5.41) is 16.2. The maximum atomic E-state index is 11.7. The molecule has 18 heavy (non-hydrogen) atoms. The summed E-state index contributed by atoms with van der Waals surface area (Å²) in [4.78, 5) is 11.6. The summed E-state index contributed by atoms with van der Waals surface area (Å²) >= 11 is 0. The molecule has 8 heteroatoms. The lowest BCUT2D eigenvalue weighted by atomic mass is 10.3. The minimum Gasteiger partial charge on any atom is -0.396 e. The standard InChI is InChI=1S/C10H17N3O4S/c1-13-7-8(18(11,16)17)6-9(13)10(15)12-4-2-3-5-14/h6-7,14H,2-5H2,1H3,(H,12,15)(H2,11,16,17). The first kappa shape index (κ1) is 14.7. The summed E-state index contributed by atoms with van der Waals surface area (Å²) < 4.78 is 23.7. The molecule has 0 atom stereocenters. The summed E-state index contributed by atoms with van der Waals surface area (Å²) in [6, 6.07) is 1.23. The Morgan fingerprint density at radius 3 is 2.67 bits per heavy atom. The molecule has 0 aliphatic rings. The largest absolute Gasteiger partial charge is 0.396 e. The molecule has 1 amide bonds. The zero-order chi connectivity index (χ0) is 13.8. The normalized spacial score (nSPS) is 11.5. The topological polar surface area (TPSA) is 114 Å². The summed E-state index contributed by atoms with van der Waals surface area (Å²) in [5.74, 6) is -0.370. The van der Waals surface area contributed by atoms with Gasteiger partial charge in [0.2, 0.25) is 10.0 Å². The number of nitrogens with zero attached hydrogens (tertiary/aromatic N) is 1. The van der Waals surface area contributed by atoms with Crippen molar-refractivity contribution in [1.82, 2.24) is 9.88 Å². The van der Waals surface area contributed by atoms with Crippen LogP contribution in [-0.4, -0.2) is 37.2 Å². The Kier molecular flexibility index (Phi) is 4.88. The van der Waals surface area contributed by atoms with Crippen LogP contribution in [0.15, 0.2) is 17.2 Å². The van der Waals surface area contributed by atoms with Gasteiger partial charge in [0, 0.05) is 26.4 Å². The highest BCUT2D eigenvalue weighted by atomic mass is 32.2. The molecule has 0 spiro atoms. The van der Waals surface area contributed by atoms with E-state index in [0.29, 0.717) is 19.4 Å². The zero-order valence-electron chi connectivity index (χ0n) is 10.1. The highest BCUT2D eigenvalue weighted by molar-refractivity contribution is 7.89. The quantitative estimate of drug-likeness (QED) is 0.588. The Morgan fingerprint density at radius 2 is 2.17 bits per heavy atom. The van der Waals surface area contributed by atoms with E-state index in [0.717, 1.165) is 0 Å². The number of unbranched alkanes of at least 4 members (excludes halogenated alkanes) is 1. The second-order valence-electron chi connectivity index (χ2n) is 3.90. The van der Waals surface area contributed by atoms with Gasteiger partial charge in [-0.3, -0.25) is 4.79 Å². The van der Waals surface area contributed by atoms with E-state index >= 15 is 0 Å². The minimum atomic E-state index is -3.80. The van der Waals surface area contributed by atoms with Crippen molar-refractivity contribution in [3.05, 3.63) is 18.0 Å². The van der Waals surface area contributed by atoms with E-state index in [2.05, 4.69) is 5.32 Å². The average molecular weight is 275 g/mol. The predicted molar refractivity (Wildman–Crippen MR) is 65.4 cm³/mol. The van der Waals surface area contributed by atoms with Crippen LogP contribution in [0.5, 0.6) is 0 Å². The number of aliphatic hydroxyl groups is 1. The molecule has 0 aliphatic heterocycles. The van der Waals surface area contributed by atoms with Gasteiger partial charge in [0.15, 0.2) is 0 Å². The van der Waals surface area contributed by atoms with Gasteiger partial charge in [-0.05, 0) is 18.9 Å². The number of sulfonamides is 1. The fourth-order valence-electron chi connectivity index (χ4n) is 1.44. The van der Waals surface area contributed by atoms with Crippen molar-refractivity contribution < 1.29 is 18.3 Å². The molecule has 0 bridgehead atoms. The van der Waals surface area contributed by atoms with Crippen LogP contribution in [0, 0.1) is 0 Å². The zero-order valence-corrected chi connectivity index (χ0v) is 10.9. The van der Waals surface area contributed by atoms with Gasteiger partial charge in [0.1, 0.15) is 10.6 Å². The van der Waals surface area contributed by atoms with E-state index in [1.807, 2.05) is 0 Å². The van der Waals surface area contributed by atoms with E-state index in [1.54, 1.807) is 7.05 Å². The fraction of sp³-hybridized carbons (Fsp3) is 0.500. The lowest BCUT2D eigenvalue weighted by molar-refractivity contribution is 0.0944. The number of primary sulfonamides is 1. The van der Waals surface area contributed by atoms with Crippen molar-refractivity contribution in [1.29, 1.82) is 0 Å². The third-order valence-corrected chi connectivity index (χ3v) is 3.29. The molecule has 7 nitrogen and oxygen atoms in total. The van der Waals surface area contributed by atoms with Crippen molar-refractivity contribution in [2.24, 2.45) is 12.2 Å². The molecule has 102 valence electrons. The first-order chi connectivity index (χ1) is 8.36. The van der Waals surface area contributed by atoms with Crippen molar-refractivity contribution >= 4 is 15.9 Å². The molecule has 0 saturated heterocycles. The van der Waals surface area contributed by atoms with Crippen LogP contribution in [0.2, 0.25) is 0 Å². The molecule has 0 aliphatic carbocycles. The third kappa shape index (κ3) is 3.83. The molecule has 0 aromatic carbocycles. The first-order valence-electron chi connectivity index (χ1n) is 5.44. The van der Waals surface area contributed by atoms with Gasteiger partial charge >= 0.3 is 0 Å². The number of carbonyl (C=O) groups excluding carboxylic acids is 1. The number of aliphatic hydroxyl groups excluding tert-OH is 1. The van der Waals surface area contributed by atoms with Crippen LogP contribution in [-0.2, 0) is 17.1 Å². The van der Waals surface area contributed by atoms with Crippen molar-refractivity contribution in [3.63, 3.8) is 0 Å². The minimum absolute atomic E-state index is 0.0790. The van der Waals surface area contributed by atoms with Crippen LogP contribution in [0.4, 0.5) is 0 Å². The number of nitrogens with one attached hydrogen (secondary N) is 1. The Labute approximate surface area is 106 Å². The molecule has 0 saturated carbocycles. The maximum absolute atomic E-state index is 11.7. The molecule has 1 heterocycles. The summed E-state index contributed by atoms with van der Waals surface area (Å²) in [6.45, 7) is 0.505. The van der Waals surface area contributed by atoms with E-state index in [9.17, 15) is 13.2 Å². The van der Waals surface area contributed by atoms with E-state index in [1.165, 1.54) is 16.8 Å². The number of aryl methyl sites for hydroxylation is 1. The number of hydrogen-bond donors (Lipinski definition) is 3. The Balaban J connectivity index is 2.72. The number of carbonyl (C=O) groups is 1. The molecular formula is C10H17N3O4S. The first-order valence-corrected chi connectivity index (χ1v) is 6.99. The van der Waals surface area contributed by atoms with Crippen LogP contribution in [0.3, 0.4) is 0 Å². The number of hydrogen-bond acceptors (Lipinski definition) is 4. The number of amides is 1. The molecule has 0 fully saturated rings. The monoisotopic (exact) mass is 275 g/mol. The summed E-state index contributed by atoms with van der Waals surface area (Å²) in [5.41, 5.74) is 0.225. The highest BCUT2D eigenvalue weighted by Crippen LogP contribution is 2.11. The number of nitrogens with two attached hydrogens (primary N) is 1. The van der Waals surface area contributed by atoms with Crippen LogP contribution in [0.25, 0.3) is 0 Å². The number of rotatable bonds is 6. The maximum Gasteiger partial charge on any atom is 0.267 e. The summed E-state index contributed by atoms with van der Waals surface area (Å²) in [6.07, 6.45) is 2.56. The molecule has 1 aromatic rings. The van der Waals surface area contributed by atoms with Crippen LogP contribution >= 0.6 is 0 Å². The highest BCUT2D eigenvalue weighted by Gasteiger charge is 2.16. The second-order valence-corrected chi connectivity index (χ2v) is 5.46. The Bertz CT molecular complexity index is 521. The Morgan fingerprint density at radius 1 is 1.50 bits per heavy atom. The van der Waals surface area contributed by atoms with Crippen LogP contribution in [0.1, 0.15) is 23.3 Å². The molecule has 1 rings (SSSR count). The molecule has 0 unspecified atom stereocenters. The number of aromatic nitrogens is 1. The molecular weight excluding hydrogens is 258 g/mol. The average Bonchev–Trinajstić information content (AvgIpc) is 2.66. The predicted octanol–water partition coefficient (Wildman–Crippen LogP) is -0.825. The van der Waals surface area contributed by atoms with Gasteiger partial charge in [-0.25, -0.2) is 13.6 Å². The van der Waals surface area contributed by atoms with E-state index in [4.69, 9.17) is 10.2 Å². The second kappa shape index (κ2) is 5.98. The van der Waals surface area contributed by atoms with Gasteiger partial charge in [-0.15, -0.1) is 0 Å². The van der Waals surface area contributed by atoms with Crippen molar-refractivity contribution in [2.75, 3.05) is 13.2 Å². The van der Waals surface area contributed by atoms with E-state index < -0.39 is 10.0 Å². The van der Waals surface area contributed by atoms with Crippen molar-refractivity contribution in [2.45, 2.75) is 17.7 Å². The lowest BCUT2D eigenvalue weighted by Crippen LogP contribution is -2.26. The van der Waals surface area contributed by atoms with Gasteiger partial charge in [0.25, 0.3) is 5.91 Å².